The second-order valence-electron chi connectivity index (χ2n) is 5.28. The van der Waals surface area contributed by atoms with Crippen LogP contribution in [0.4, 0.5) is 0 Å². The Morgan fingerprint density at radius 3 is 3.00 bits per heavy atom. The van der Waals surface area contributed by atoms with E-state index in [1.165, 1.54) is 50.2 Å². The molecular weight excluding hydrogens is 240 g/mol. The lowest BCUT2D eigenvalue weighted by Gasteiger charge is -2.40. The third-order valence-electron chi connectivity index (χ3n) is 3.95. The summed E-state index contributed by atoms with van der Waals surface area (Å²) in [6.07, 6.45) is 5.07. The van der Waals surface area contributed by atoms with Gasteiger partial charge in [-0.1, -0.05) is 26.3 Å². The molecule has 0 amide bonds. The summed E-state index contributed by atoms with van der Waals surface area (Å²) in [5.74, 6) is 0. The zero-order valence-electron chi connectivity index (χ0n) is 11.7. The molecule has 0 spiro atoms. The van der Waals surface area contributed by atoms with Crippen molar-refractivity contribution in [2.75, 3.05) is 19.6 Å². The van der Waals surface area contributed by atoms with Crippen molar-refractivity contribution >= 4 is 11.3 Å². The Kier molecular flexibility index (Phi) is 5.67. The molecule has 1 aromatic rings. The molecule has 3 heteroatoms. The summed E-state index contributed by atoms with van der Waals surface area (Å²) in [5, 5.41) is 5.89. The van der Waals surface area contributed by atoms with Gasteiger partial charge in [-0.05, 0) is 30.7 Å². The predicted octanol–water partition coefficient (Wildman–Crippen LogP) is 3.14. The minimum Gasteiger partial charge on any atom is -0.311 e. The van der Waals surface area contributed by atoms with E-state index in [0.717, 1.165) is 6.04 Å². The second kappa shape index (κ2) is 7.27. The molecule has 1 aromatic heterocycles. The summed E-state index contributed by atoms with van der Waals surface area (Å²) < 4.78 is 0. The van der Waals surface area contributed by atoms with Crippen LogP contribution in [0.3, 0.4) is 0 Å². The average molecular weight is 266 g/mol. The highest BCUT2D eigenvalue weighted by Crippen LogP contribution is 2.16. The molecule has 0 saturated carbocycles. The Labute approximate surface area is 115 Å². The van der Waals surface area contributed by atoms with Crippen LogP contribution in [0, 0.1) is 0 Å². The Morgan fingerprint density at radius 2 is 2.33 bits per heavy atom. The molecule has 1 aliphatic heterocycles. The van der Waals surface area contributed by atoms with E-state index in [2.05, 4.69) is 41.6 Å². The monoisotopic (exact) mass is 266 g/mol. The van der Waals surface area contributed by atoms with E-state index < -0.39 is 0 Å². The van der Waals surface area contributed by atoms with Crippen LogP contribution >= 0.6 is 11.3 Å². The van der Waals surface area contributed by atoms with E-state index in [1.807, 2.05) is 11.3 Å². The van der Waals surface area contributed by atoms with E-state index in [9.17, 15) is 0 Å². The first-order valence-corrected chi connectivity index (χ1v) is 8.21. The molecule has 0 radical (unpaired) electrons. The first-order chi connectivity index (χ1) is 8.83. The minimum absolute atomic E-state index is 0.709. The van der Waals surface area contributed by atoms with Gasteiger partial charge in [0, 0.05) is 36.6 Å². The van der Waals surface area contributed by atoms with Crippen LogP contribution in [0.5, 0.6) is 0 Å². The molecular formula is C15H26N2S. The molecule has 2 nitrogen and oxygen atoms in total. The molecule has 2 unspecified atom stereocenters. The number of hydrogen-bond donors (Lipinski definition) is 1. The minimum atomic E-state index is 0.709. The summed E-state index contributed by atoms with van der Waals surface area (Å²) >= 11 is 1.89. The van der Waals surface area contributed by atoms with Gasteiger partial charge in [0.05, 0.1) is 0 Å². The summed E-state index contributed by atoms with van der Waals surface area (Å²) in [6.45, 7) is 8.22. The quantitative estimate of drug-likeness (QED) is 0.851. The molecule has 1 saturated heterocycles. The smallest absolute Gasteiger partial charge is 0.0218 e. The van der Waals surface area contributed by atoms with Crippen LogP contribution in [-0.2, 0) is 6.42 Å². The maximum atomic E-state index is 3.71. The summed E-state index contributed by atoms with van der Waals surface area (Å²) in [6, 6.07) is 5.87. The lowest BCUT2D eigenvalue weighted by molar-refractivity contribution is 0.125. The molecule has 1 fully saturated rings. The molecule has 2 heterocycles. The SMILES string of the molecule is CCCC1CN(CCc2cccs2)C(CC)CN1. The molecule has 0 aliphatic carbocycles. The van der Waals surface area contributed by atoms with Gasteiger partial charge in [0.15, 0.2) is 0 Å². The van der Waals surface area contributed by atoms with Gasteiger partial charge < -0.3 is 5.32 Å². The van der Waals surface area contributed by atoms with Gasteiger partial charge in [-0.25, -0.2) is 0 Å². The van der Waals surface area contributed by atoms with Gasteiger partial charge in [-0.3, -0.25) is 4.90 Å². The van der Waals surface area contributed by atoms with Gasteiger partial charge in [0.1, 0.15) is 0 Å². The number of nitrogens with one attached hydrogen (secondary N) is 1. The highest BCUT2D eigenvalue weighted by molar-refractivity contribution is 7.09. The van der Waals surface area contributed by atoms with Crippen LogP contribution in [0.15, 0.2) is 17.5 Å². The second-order valence-corrected chi connectivity index (χ2v) is 6.31. The van der Waals surface area contributed by atoms with E-state index in [0.29, 0.717) is 6.04 Å². The molecule has 1 N–H and O–H groups in total. The van der Waals surface area contributed by atoms with Gasteiger partial charge in [-0.15, -0.1) is 11.3 Å². The third kappa shape index (κ3) is 3.81. The van der Waals surface area contributed by atoms with Gasteiger partial charge in [0.25, 0.3) is 0 Å². The van der Waals surface area contributed by atoms with Crippen LogP contribution < -0.4 is 5.32 Å². The van der Waals surface area contributed by atoms with Gasteiger partial charge in [-0.2, -0.15) is 0 Å². The van der Waals surface area contributed by atoms with Crippen molar-refractivity contribution in [2.45, 2.75) is 51.6 Å². The van der Waals surface area contributed by atoms with Crippen LogP contribution in [-0.4, -0.2) is 36.6 Å². The van der Waals surface area contributed by atoms with Crippen molar-refractivity contribution in [3.8, 4) is 0 Å². The predicted molar refractivity (Wildman–Crippen MR) is 80.4 cm³/mol. The van der Waals surface area contributed by atoms with E-state index in [4.69, 9.17) is 0 Å². The summed E-state index contributed by atoms with van der Waals surface area (Å²) in [7, 11) is 0. The van der Waals surface area contributed by atoms with E-state index >= 15 is 0 Å². The highest BCUT2D eigenvalue weighted by Gasteiger charge is 2.25. The van der Waals surface area contributed by atoms with Gasteiger partial charge in [0.2, 0.25) is 0 Å². The van der Waals surface area contributed by atoms with Crippen molar-refractivity contribution in [1.82, 2.24) is 10.2 Å². The maximum Gasteiger partial charge on any atom is 0.0218 e. The lowest BCUT2D eigenvalue weighted by atomic mass is 10.0. The molecule has 0 aromatic carbocycles. The zero-order valence-corrected chi connectivity index (χ0v) is 12.5. The van der Waals surface area contributed by atoms with E-state index in [-0.39, 0.29) is 0 Å². The first-order valence-electron chi connectivity index (χ1n) is 7.33. The van der Waals surface area contributed by atoms with Crippen LogP contribution in [0.2, 0.25) is 0 Å². The summed E-state index contributed by atoms with van der Waals surface area (Å²) in [4.78, 5) is 4.23. The Bertz CT molecular complexity index is 323. The number of thiophene rings is 1. The van der Waals surface area contributed by atoms with Gasteiger partial charge >= 0.3 is 0 Å². The fraction of sp³-hybridized carbons (Fsp3) is 0.733. The fourth-order valence-corrected chi connectivity index (χ4v) is 3.55. The lowest BCUT2D eigenvalue weighted by Crippen LogP contribution is -2.56. The molecule has 1 aliphatic rings. The van der Waals surface area contributed by atoms with E-state index in [1.54, 1.807) is 0 Å². The Hall–Kier alpha value is -0.380. The average Bonchev–Trinajstić information content (AvgIpc) is 2.90. The van der Waals surface area contributed by atoms with Crippen molar-refractivity contribution in [2.24, 2.45) is 0 Å². The normalized spacial score (nSPS) is 25.4. The highest BCUT2D eigenvalue weighted by atomic mass is 32.1. The topological polar surface area (TPSA) is 15.3 Å². The number of hydrogen-bond acceptors (Lipinski definition) is 3. The molecule has 102 valence electrons. The summed E-state index contributed by atoms with van der Waals surface area (Å²) in [5.41, 5.74) is 0. The number of nitrogens with zero attached hydrogens (tertiary/aromatic N) is 1. The molecule has 0 bridgehead atoms. The Morgan fingerprint density at radius 1 is 1.44 bits per heavy atom. The standard InChI is InChI=1S/C15H26N2S/c1-3-6-13-12-17(14(4-2)11-16-13)9-8-15-7-5-10-18-15/h5,7,10,13-14,16H,3-4,6,8-9,11-12H2,1-2H3. The van der Waals surface area contributed by atoms with Crippen LogP contribution in [0.1, 0.15) is 38.0 Å². The third-order valence-corrected chi connectivity index (χ3v) is 4.88. The zero-order chi connectivity index (χ0) is 12.8. The largest absolute Gasteiger partial charge is 0.311 e. The maximum absolute atomic E-state index is 3.71. The van der Waals surface area contributed by atoms with Crippen molar-refractivity contribution in [3.05, 3.63) is 22.4 Å². The first kappa shape index (κ1) is 14.0. The number of piperazine rings is 1. The van der Waals surface area contributed by atoms with Crippen molar-refractivity contribution in [1.29, 1.82) is 0 Å². The van der Waals surface area contributed by atoms with Crippen LogP contribution in [0.25, 0.3) is 0 Å². The fourth-order valence-electron chi connectivity index (χ4n) is 2.86. The molecule has 2 rings (SSSR count). The molecule has 2 atom stereocenters. The number of rotatable bonds is 6. The molecule has 18 heavy (non-hydrogen) atoms. The Balaban J connectivity index is 1.85. The van der Waals surface area contributed by atoms with Crippen molar-refractivity contribution < 1.29 is 0 Å². The van der Waals surface area contributed by atoms with Crippen molar-refractivity contribution in [3.63, 3.8) is 0 Å².